The van der Waals surface area contributed by atoms with E-state index in [1.807, 2.05) is 36.6 Å². The van der Waals surface area contributed by atoms with Crippen molar-refractivity contribution in [1.29, 1.82) is 0 Å². The molecule has 2 aromatic heterocycles. The van der Waals surface area contributed by atoms with E-state index in [0.717, 1.165) is 5.69 Å². The second kappa shape index (κ2) is 8.75. The molecule has 2 heterocycles. The fraction of sp³-hybridized carbons (Fsp3) is 0.263. The van der Waals surface area contributed by atoms with E-state index in [0.29, 0.717) is 17.3 Å². The quantitative estimate of drug-likeness (QED) is 0.479. The minimum atomic E-state index is -0.971. The summed E-state index contributed by atoms with van der Waals surface area (Å²) in [4.78, 5) is 29.5. The lowest BCUT2D eigenvalue weighted by atomic mass is 10.2. The smallest absolute Gasteiger partial charge is 0.357 e. The van der Waals surface area contributed by atoms with Crippen molar-refractivity contribution in [2.75, 3.05) is 11.6 Å². The Morgan fingerprint density at radius 3 is 2.68 bits per heavy atom. The molecule has 0 radical (unpaired) electrons. The number of thioether (sulfide) groups is 1. The van der Waals surface area contributed by atoms with Gasteiger partial charge in [0.2, 0.25) is 0 Å². The van der Waals surface area contributed by atoms with Crippen molar-refractivity contribution in [2.45, 2.75) is 31.5 Å². The molecule has 0 saturated heterocycles. The average Bonchev–Trinajstić information content (AvgIpc) is 3.32. The number of aryl methyl sites for hydroxylation is 1. The predicted molar refractivity (Wildman–Crippen MR) is 105 cm³/mol. The lowest BCUT2D eigenvalue weighted by Crippen LogP contribution is -2.32. The van der Waals surface area contributed by atoms with Crippen LogP contribution in [0.4, 0.5) is 5.82 Å². The van der Waals surface area contributed by atoms with Gasteiger partial charge in [0.25, 0.3) is 5.91 Å². The Bertz CT molecular complexity index is 967. The first kappa shape index (κ1) is 19.7. The van der Waals surface area contributed by atoms with Crippen LogP contribution in [0.2, 0.25) is 0 Å². The van der Waals surface area contributed by atoms with Crippen molar-refractivity contribution in [3.63, 3.8) is 0 Å². The van der Waals surface area contributed by atoms with Gasteiger partial charge in [-0.1, -0.05) is 42.0 Å². The SMILES string of the molecule is CC[C@H](OC(=O)c1cnc(SC)n1-c1ccccc1)C(=O)Nc1cc(C)on1. The molecule has 28 heavy (non-hydrogen) atoms. The normalized spacial score (nSPS) is 11.8. The number of amides is 1. The van der Waals surface area contributed by atoms with Gasteiger partial charge in [0.15, 0.2) is 22.8 Å². The Kier molecular flexibility index (Phi) is 6.15. The van der Waals surface area contributed by atoms with Gasteiger partial charge in [-0.2, -0.15) is 0 Å². The van der Waals surface area contributed by atoms with Crippen LogP contribution in [0, 0.1) is 6.92 Å². The Labute approximate surface area is 166 Å². The summed E-state index contributed by atoms with van der Waals surface area (Å²) in [5.74, 6) is -0.261. The molecular weight excluding hydrogens is 380 g/mol. The number of aromatic nitrogens is 3. The maximum absolute atomic E-state index is 12.8. The fourth-order valence-electron chi connectivity index (χ4n) is 2.59. The van der Waals surface area contributed by atoms with Crippen molar-refractivity contribution < 1.29 is 18.8 Å². The third kappa shape index (κ3) is 4.25. The first-order chi connectivity index (χ1) is 13.5. The molecule has 0 aliphatic carbocycles. The zero-order valence-corrected chi connectivity index (χ0v) is 16.5. The van der Waals surface area contributed by atoms with Crippen molar-refractivity contribution in [2.24, 2.45) is 0 Å². The average molecular weight is 400 g/mol. The molecule has 0 spiro atoms. The van der Waals surface area contributed by atoms with E-state index in [4.69, 9.17) is 9.26 Å². The van der Waals surface area contributed by atoms with Crippen molar-refractivity contribution >= 4 is 29.5 Å². The van der Waals surface area contributed by atoms with Gasteiger partial charge < -0.3 is 14.6 Å². The Morgan fingerprint density at radius 2 is 2.07 bits per heavy atom. The second-order valence-corrected chi connectivity index (χ2v) is 6.69. The first-order valence-electron chi connectivity index (χ1n) is 8.65. The zero-order chi connectivity index (χ0) is 20.1. The summed E-state index contributed by atoms with van der Waals surface area (Å²) in [6.07, 6.45) is 2.66. The summed E-state index contributed by atoms with van der Waals surface area (Å²) in [6, 6.07) is 11.0. The minimum Gasteiger partial charge on any atom is -0.448 e. The number of rotatable bonds is 7. The summed E-state index contributed by atoms with van der Waals surface area (Å²) >= 11 is 1.41. The number of ether oxygens (including phenoxy) is 1. The van der Waals surface area contributed by atoms with Crippen molar-refractivity contribution in [1.82, 2.24) is 14.7 Å². The lowest BCUT2D eigenvalue weighted by molar-refractivity contribution is -0.124. The van der Waals surface area contributed by atoms with E-state index in [1.54, 1.807) is 24.5 Å². The van der Waals surface area contributed by atoms with Crippen LogP contribution in [0.5, 0.6) is 0 Å². The minimum absolute atomic E-state index is 0.249. The number of hydrogen-bond acceptors (Lipinski definition) is 7. The molecule has 0 aliphatic heterocycles. The van der Waals surface area contributed by atoms with E-state index < -0.39 is 18.0 Å². The van der Waals surface area contributed by atoms with Gasteiger partial charge in [-0.05, 0) is 31.7 Å². The second-order valence-electron chi connectivity index (χ2n) is 5.92. The van der Waals surface area contributed by atoms with Gasteiger partial charge >= 0.3 is 5.97 Å². The molecule has 3 aromatic rings. The van der Waals surface area contributed by atoms with Gasteiger partial charge in [-0.3, -0.25) is 9.36 Å². The van der Waals surface area contributed by atoms with E-state index in [1.165, 1.54) is 18.0 Å². The molecule has 1 atom stereocenters. The Hall–Kier alpha value is -3.07. The number of hydrogen-bond donors (Lipinski definition) is 1. The van der Waals surface area contributed by atoms with Crippen molar-refractivity contribution in [3.8, 4) is 5.69 Å². The van der Waals surface area contributed by atoms with Crippen LogP contribution >= 0.6 is 11.8 Å². The molecule has 1 aromatic carbocycles. The number of para-hydroxylation sites is 1. The number of nitrogens with zero attached hydrogens (tertiary/aromatic N) is 3. The summed E-state index contributed by atoms with van der Waals surface area (Å²) in [5, 5.41) is 6.95. The number of nitrogens with one attached hydrogen (secondary N) is 1. The topological polar surface area (TPSA) is 99.2 Å². The lowest BCUT2D eigenvalue weighted by Gasteiger charge is -2.16. The molecule has 3 rings (SSSR count). The van der Waals surface area contributed by atoms with Gasteiger partial charge in [-0.25, -0.2) is 9.78 Å². The molecule has 9 heteroatoms. The molecule has 0 unspecified atom stereocenters. The summed E-state index contributed by atoms with van der Waals surface area (Å²) in [6.45, 7) is 3.47. The zero-order valence-electron chi connectivity index (χ0n) is 15.7. The molecular formula is C19H20N4O4S. The van der Waals surface area contributed by atoms with Crippen LogP contribution in [-0.2, 0) is 9.53 Å². The highest BCUT2D eigenvalue weighted by molar-refractivity contribution is 7.98. The van der Waals surface area contributed by atoms with Crippen LogP contribution < -0.4 is 5.32 Å². The highest BCUT2D eigenvalue weighted by Gasteiger charge is 2.26. The third-order valence-electron chi connectivity index (χ3n) is 3.93. The van der Waals surface area contributed by atoms with Gasteiger partial charge in [0, 0.05) is 11.8 Å². The first-order valence-corrected chi connectivity index (χ1v) is 9.88. The van der Waals surface area contributed by atoms with Gasteiger partial charge in [0.05, 0.1) is 6.20 Å². The monoisotopic (exact) mass is 400 g/mol. The number of esters is 1. The maximum atomic E-state index is 12.8. The van der Waals surface area contributed by atoms with Gasteiger partial charge in [0.1, 0.15) is 5.76 Å². The van der Waals surface area contributed by atoms with Crippen LogP contribution in [0.15, 0.2) is 52.3 Å². The van der Waals surface area contributed by atoms with E-state index in [2.05, 4.69) is 15.5 Å². The van der Waals surface area contributed by atoms with Crippen molar-refractivity contribution in [3.05, 3.63) is 54.0 Å². The highest BCUT2D eigenvalue weighted by Crippen LogP contribution is 2.22. The molecule has 1 amide bonds. The standard InChI is InChI=1S/C19H20N4O4S/c1-4-15(17(24)21-16-10-12(2)27-22-16)26-18(25)14-11-20-19(28-3)23(14)13-8-6-5-7-9-13/h5-11,15H,4H2,1-3H3,(H,21,22,24)/t15-/m0/s1. The van der Waals surface area contributed by atoms with Crippen LogP contribution in [0.1, 0.15) is 29.6 Å². The third-order valence-corrected chi connectivity index (χ3v) is 4.58. The largest absolute Gasteiger partial charge is 0.448 e. The summed E-state index contributed by atoms with van der Waals surface area (Å²) < 4.78 is 12.1. The number of carbonyl (C=O) groups is 2. The molecule has 0 saturated carbocycles. The molecule has 0 fully saturated rings. The van der Waals surface area contributed by atoms with E-state index in [-0.39, 0.29) is 11.5 Å². The molecule has 0 aliphatic rings. The molecule has 8 nitrogen and oxygen atoms in total. The van der Waals surface area contributed by atoms with E-state index >= 15 is 0 Å². The Morgan fingerprint density at radius 1 is 1.32 bits per heavy atom. The van der Waals surface area contributed by atoms with Crippen LogP contribution in [-0.4, -0.2) is 38.9 Å². The number of carbonyl (C=O) groups excluding carboxylic acids is 2. The van der Waals surface area contributed by atoms with Crippen LogP contribution in [0.3, 0.4) is 0 Å². The molecule has 1 N–H and O–H groups in total. The maximum Gasteiger partial charge on any atom is 0.357 e. The summed E-state index contributed by atoms with van der Waals surface area (Å²) in [5.41, 5.74) is 1.03. The van der Waals surface area contributed by atoms with E-state index in [9.17, 15) is 9.59 Å². The number of benzene rings is 1. The number of imidazole rings is 1. The highest BCUT2D eigenvalue weighted by atomic mass is 32.2. The molecule has 146 valence electrons. The Balaban J connectivity index is 1.80. The fourth-order valence-corrected chi connectivity index (χ4v) is 3.14. The van der Waals surface area contributed by atoms with Crippen LogP contribution in [0.25, 0.3) is 5.69 Å². The van der Waals surface area contributed by atoms with Gasteiger partial charge in [-0.15, -0.1) is 0 Å². The summed E-state index contributed by atoms with van der Waals surface area (Å²) in [7, 11) is 0. The predicted octanol–water partition coefficient (Wildman–Crippen LogP) is 3.46. The number of anilines is 1. The molecule has 0 bridgehead atoms.